The highest BCUT2D eigenvalue weighted by atomic mass is 79.9. The Morgan fingerprint density at radius 2 is 1.88 bits per heavy atom. The summed E-state index contributed by atoms with van der Waals surface area (Å²) >= 11 is 3.51. The van der Waals surface area contributed by atoms with Gasteiger partial charge < -0.3 is 15.1 Å². The summed E-state index contributed by atoms with van der Waals surface area (Å²) in [6, 6.07) is 8.06. The van der Waals surface area contributed by atoms with Crippen LogP contribution in [0.1, 0.15) is 11.4 Å². The lowest BCUT2D eigenvalue weighted by atomic mass is 10.2. The number of carbonyl (C=O) groups is 1. The third-order valence-corrected chi connectivity index (χ3v) is 4.93. The van der Waals surface area contributed by atoms with Gasteiger partial charge in [0.25, 0.3) is 0 Å². The minimum absolute atomic E-state index is 0.723. The Morgan fingerprint density at radius 3 is 2.54 bits per heavy atom. The van der Waals surface area contributed by atoms with E-state index in [1.165, 1.54) is 0 Å². The van der Waals surface area contributed by atoms with E-state index in [1.54, 1.807) is 4.90 Å². The molecule has 0 saturated carbocycles. The van der Waals surface area contributed by atoms with Gasteiger partial charge in [0.1, 0.15) is 17.5 Å². The molecule has 1 aliphatic heterocycles. The van der Waals surface area contributed by atoms with Crippen molar-refractivity contribution in [2.45, 2.75) is 13.8 Å². The molecule has 0 radical (unpaired) electrons. The van der Waals surface area contributed by atoms with Gasteiger partial charge in [-0.3, -0.25) is 4.79 Å². The molecule has 2 heterocycles. The highest BCUT2D eigenvalue weighted by molar-refractivity contribution is 9.10. The van der Waals surface area contributed by atoms with Gasteiger partial charge in [-0.15, -0.1) is 0 Å². The van der Waals surface area contributed by atoms with Crippen molar-refractivity contribution in [2.75, 3.05) is 36.4 Å². The Hall–Kier alpha value is -2.15. The molecular formula is C17H20BrN5O. The Labute approximate surface area is 150 Å². The van der Waals surface area contributed by atoms with Gasteiger partial charge in [-0.25, -0.2) is 9.97 Å². The Morgan fingerprint density at radius 1 is 1.12 bits per heavy atom. The van der Waals surface area contributed by atoms with Crippen molar-refractivity contribution in [1.82, 2.24) is 14.9 Å². The number of anilines is 3. The fourth-order valence-corrected chi connectivity index (χ4v) is 2.95. The number of nitrogens with zero attached hydrogens (tertiary/aromatic N) is 4. The first-order valence-corrected chi connectivity index (χ1v) is 8.67. The van der Waals surface area contributed by atoms with Gasteiger partial charge in [0.2, 0.25) is 6.41 Å². The third-order valence-electron chi connectivity index (χ3n) is 4.04. The maximum absolute atomic E-state index is 10.8. The minimum atomic E-state index is 0.723. The smallest absolute Gasteiger partial charge is 0.209 e. The predicted octanol–water partition coefficient (Wildman–Crippen LogP) is 2.88. The number of piperazine rings is 1. The van der Waals surface area contributed by atoms with Gasteiger partial charge >= 0.3 is 0 Å². The van der Waals surface area contributed by atoms with Crippen LogP contribution in [0.2, 0.25) is 0 Å². The van der Waals surface area contributed by atoms with Gasteiger partial charge in [0, 0.05) is 42.4 Å². The van der Waals surface area contributed by atoms with E-state index in [2.05, 4.69) is 49.1 Å². The third kappa shape index (κ3) is 3.84. The summed E-state index contributed by atoms with van der Waals surface area (Å²) in [6.45, 7) is 6.96. The average Bonchev–Trinajstić information content (AvgIpc) is 2.58. The van der Waals surface area contributed by atoms with E-state index in [0.717, 1.165) is 65.8 Å². The van der Waals surface area contributed by atoms with Crippen LogP contribution in [0.5, 0.6) is 0 Å². The summed E-state index contributed by atoms with van der Waals surface area (Å²) in [4.78, 5) is 23.8. The molecule has 7 heteroatoms. The second-order valence-corrected chi connectivity index (χ2v) is 6.73. The molecule has 0 unspecified atom stereocenters. The summed E-state index contributed by atoms with van der Waals surface area (Å²) in [5, 5.41) is 3.35. The second-order valence-electron chi connectivity index (χ2n) is 5.88. The molecule has 1 saturated heterocycles. The van der Waals surface area contributed by atoms with Gasteiger partial charge in [-0.2, -0.15) is 0 Å². The molecule has 0 atom stereocenters. The van der Waals surface area contributed by atoms with Crippen molar-refractivity contribution >= 4 is 39.7 Å². The van der Waals surface area contributed by atoms with Crippen LogP contribution in [0, 0.1) is 13.8 Å². The lowest BCUT2D eigenvalue weighted by Gasteiger charge is -2.33. The maximum atomic E-state index is 10.8. The lowest BCUT2D eigenvalue weighted by Crippen LogP contribution is -2.46. The van der Waals surface area contributed by atoms with E-state index in [1.807, 2.05) is 25.1 Å². The molecule has 0 bridgehead atoms. The zero-order chi connectivity index (χ0) is 17.1. The molecule has 1 N–H and O–H groups in total. The topological polar surface area (TPSA) is 61.4 Å². The van der Waals surface area contributed by atoms with Crippen LogP contribution in [-0.2, 0) is 4.79 Å². The number of benzene rings is 1. The number of aromatic nitrogens is 2. The molecule has 1 amide bonds. The number of halogens is 1. The van der Waals surface area contributed by atoms with E-state index in [0.29, 0.717) is 0 Å². The van der Waals surface area contributed by atoms with Crippen molar-refractivity contribution < 1.29 is 4.79 Å². The first-order chi connectivity index (χ1) is 11.5. The molecule has 2 aromatic rings. The second kappa shape index (κ2) is 7.17. The molecule has 6 nitrogen and oxygen atoms in total. The molecule has 1 aliphatic rings. The molecule has 3 rings (SSSR count). The number of nitrogens with one attached hydrogen (secondary N) is 1. The minimum Gasteiger partial charge on any atom is -0.353 e. The molecule has 126 valence electrons. The number of hydrogen-bond acceptors (Lipinski definition) is 5. The number of rotatable bonds is 4. The van der Waals surface area contributed by atoms with Crippen molar-refractivity contribution in [3.8, 4) is 0 Å². The Bertz CT molecular complexity index is 744. The molecule has 0 aliphatic carbocycles. The van der Waals surface area contributed by atoms with Gasteiger partial charge in [-0.05, 0) is 37.6 Å². The predicted molar refractivity (Wildman–Crippen MR) is 98.8 cm³/mol. The van der Waals surface area contributed by atoms with Crippen molar-refractivity contribution in [1.29, 1.82) is 0 Å². The summed E-state index contributed by atoms with van der Waals surface area (Å²) in [7, 11) is 0. The molecular weight excluding hydrogens is 370 g/mol. The fourth-order valence-electron chi connectivity index (χ4n) is 2.70. The van der Waals surface area contributed by atoms with Crippen molar-refractivity contribution in [2.24, 2.45) is 0 Å². The summed E-state index contributed by atoms with van der Waals surface area (Å²) in [5.74, 6) is 2.39. The summed E-state index contributed by atoms with van der Waals surface area (Å²) in [5.41, 5.74) is 2.15. The molecule has 1 fully saturated rings. The first kappa shape index (κ1) is 16.7. The quantitative estimate of drug-likeness (QED) is 0.814. The summed E-state index contributed by atoms with van der Waals surface area (Å²) in [6.07, 6.45) is 0.908. The SMILES string of the molecule is Cc1nc(Nc2ccc(Br)c(C)c2)cc(N2CCN(C=O)CC2)n1. The van der Waals surface area contributed by atoms with Crippen LogP contribution in [0.3, 0.4) is 0 Å². The maximum Gasteiger partial charge on any atom is 0.209 e. The number of amides is 1. The van der Waals surface area contributed by atoms with E-state index in [4.69, 9.17) is 0 Å². The van der Waals surface area contributed by atoms with E-state index >= 15 is 0 Å². The van der Waals surface area contributed by atoms with Crippen LogP contribution >= 0.6 is 15.9 Å². The molecule has 0 spiro atoms. The van der Waals surface area contributed by atoms with Crippen molar-refractivity contribution in [3.63, 3.8) is 0 Å². The first-order valence-electron chi connectivity index (χ1n) is 7.88. The monoisotopic (exact) mass is 389 g/mol. The van der Waals surface area contributed by atoms with Gasteiger partial charge in [0.05, 0.1) is 0 Å². The van der Waals surface area contributed by atoms with Crippen LogP contribution in [-0.4, -0.2) is 47.5 Å². The Kier molecular flexibility index (Phi) is 4.99. The van der Waals surface area contributed by atoms with E-state index in [9.17, 15) is 4.79 Å². The average molecular weight is 390 g/mol. The largest absolute Gasteiger partial charge is 0.353 e. The fraction of sp³-hybridized carbons (Fsp3) is 0.353. The van der Waals surface area contributed by atoms with Crippen molar-refractivity contribution in [3.05, 3.63) is 40.1 Å². The lowest BCUT2D eigenvalue weighted by molar-refractivity contribution is -0.118. The van der Waals surface area contributed by atoms with Crippen LogP contribution in [0.4, 0.5) is 17.3 Å². The molecule has 1 aromatic carbocycles. The number of carbonyl (C=O) groups excluding carboxylic acids is 1. The number of aryl methyl sites for hydroxylation is 2. The van der Waals surface area contributed by atoms with Crippen LogP contribution in [0.15, 0.2) is 28.7 Å². The van der Waals surface area contributed by atoms with Gasteiger partial charge in [0.15, 0.2) is 0 Å². The zero-order valence-corrected chi connectivity index (χ0v) is 15.4. The van der Waals surface area contributed by atoms with E-state index < -0.39 is 0 Å². The summed E-state index contributed by atoms with van der Waals surface area (Å²) < 4.78 is 1.08. The van der Waals surface area contributed by atoms with Gasteiger partial charge in [-0.1, -0.05) is 15.9 Å². The highest BCUT2D eigenvalue weighted by Crippen LogP contribution is 2.24. The van der Waals surface area contributed by atoms with Crippen LogP contribution < -0.4 is 10.2 Å². The van der Waals surface area contributed by atoms with Crippen LogP contribution in [0.25, 0.3) is 0 Å². The molecule has 24 heavy (non-hydrogen) atoms. The zero-order valence-electron chi connectivity index (χ0n) is 13.8. The normalized spacial score (nSPS) is 14.6. The Balaban J connectivity index is 1.78. The highest BCUT2D eigenvalue weighted by Gasteiger charge is 2.17. The number of hydrogen-bond donors (Lipinski definition) is 1. The van der Waals surface area contributed by atoms with E-state index in [-0.39, 0.29) is 0 Å². The molecule has 1 aromatic heterocycles. The standard InChI is InChI=1S/C17H20BrN5O/c1-12-9-14(3-4-15(12)18)21-16-10-17(20-13(2)19-16)23-7-5-22(11-24)6-8-23/h3-4,9-11H,5-8H2,1-2H3,(H,19,20,21).